The minimum Gasteiger partial charge on any atom is -0.469 e. The Bertz CT molecular complexity index is 362. The van der Waals surface area contributed by atoms with Gasteiger partial charge >= 0.3 is 5.97 Å². The zero-order valence-electron chi connectivity index (χ0n) is 11.5. The number of carbonyl (C=O) groups excluding carboxylic acids is 3. The molecule has 0 bridgehead atoms. The zero-order chi connectivity index (χ0) is 15.4. The lowest BCUT2D eigenvalue weighted by molar-refractivity contribution is -0.142. The topological polar surface area (TPSA) is 106 Å². The third-order valence-corrected chi connectivity index (χ3v) is 2.23. The van der Waals surface area contributed by atoms with E-state index in [4.69, 9.17) is 17.0 Å². The number of thiocarbonyl (C=S) groups is 1. The van der Waals surface area contributed by atoms with Crippen LogP contribution in [0.5, 0.6) is 0 Å². The summed E-state index contributed by atoms with van der Waals surface area (Å²) in [5, 5.41) is 2.26. The first-order valence-corrected chi connectivity index (χ1v) is 6.43. The van der Waals surface area contributed by atoms with Crippen molar-refractivity contribution in [1.82, 2.24) is 16.2 Å². The monoisotopic (exact) mass is 305 g/mol. The quantitative estimate of drug-likeness (QED) is 0.249. The average molecular weight is 305 g/mol. The molecule has 0 unspecified atom stereocenters. The number of nitrogens with one attached hydrogen (secondary N) is 3. The molecule has 0 aliphatic rings. The van der Waals surface area contributed by atoms with E-state index in [1.165, 1.54) is 7.11 Å². The van der Waals surface area contributed by atoms with Crippen LogP contribution >= 0.6 is 12.2 Å². The van der Waals surface area contributed by atoms with Gasteiger partial charge in [0, 0.05) is 13.0 Å². The van der Waals surface area contributed by atoms with E-state index in [0.717, 1.165) is 0 Å². The first kappa shape index (κ1) is 18.3. The van der Waals surface area contributed by atoms with Crippen LogP contribution in [0.3, 0.4) is 0 Å². The Morgan fingerprint density at radius 2 is 1.75 bits per heavy atom. The fourth-order valence-electron chi connectivity index (χ4n) is 1.04. The number of hydrogen-bond donors (Lipinski definition) is 3. The Morgan fingerprint density at radius 1 is 1.05 bits per heavy atom. The lowest BCUT2D eigenvalue weighted by Crippen LogP contribution is -2.48. The second-order valence-electron chi connectivity index (χ2n) is 3.57. The standard InChI is InChI=1S/C11H19N3O5S/c1-3-19-7-6-9(16)13-14-11(20)12-8(15)4-5-10(17)18-2/h3-7H2,1-2H3,(H,13,16)(H2,12,14,15,20). The summed E-state index contributed by atoms with van der Waals surface area (Å²) < 4.78 is 9.40. The van der Waals surface area contributed by atoms with Gasteiger partial charge in [-0.25, -0.2) is 0 Å². The Kier molecular flexibility index (Phi) is 10.2. The Morgan fingerprint density at radius 3 is 2.35 bits per heavy atom. The van der Waals surface area contributed by atoms with Crippen LogP contribution in [0.15, 0.2) is 0 Å². The van der Waals surface area contributed by atoms with Crippen LogP contribution in [-0.4, -0.2) is 43.2 Å². The molecule has 20 heavy (non-hydrogen) atoms. The van der Waals surface area contributed by atoms with Crippen molar-refractivity contribution in [2.45, 2.75) is 26.2 Å². The van der Waals surface area contributed by atoms with E-state index in [9.17, 15) is 14.4 Å². The van der Waals surface area contributed by atoms with Gasteiger partial charge in [0.1, 0.15) is 0 Å². The Balaban J connectivity index is 3.74. The van der Waals surface area contributed by atoms with E-state index in [0.29, 0.717) is 13.2 Å². The molecule has 2 amide bonds. The molecule has 0 radical (unpaired) electrons. The molecule has 0 aliphatic carbocycles. The van der Waals surface area contributed by atoms with E-state index in [1.54, 1.807) is 0 Å². The van der Waals surface area contributed by atoms with E-state index < -0.39 is 11.9 Å². The summed E-state index contributed by atoms with van der Waals surface area (Å²) in [5.74, 6) is -1.25. The van der Waals surface area contributed by atoms with E-state index >= 15 is 0 Å². The fourth-order valence-corrected chi connectivity index (χ4v) is 1.20. The molecule has 0 aromatic heterocycles. The van der Waals surface area contributed by atoms with E-state index in [-0.39, 0.29) is 30.3 Å². The molecule has 8 nitrogen and oxygen atoms in total. The van der Waals surface area contributed by atoms with Crippen LogP contribution in [0.25, 0.3) is 0 Å². The number of hydrazine groups is 1. The first-order valence-electron chi connectivity index (χ1n) is 6.02. The van der Waals surface area contributed by atoms with Gasteiger partial charge in [0.25, 0.3) is 0 Å². The maximum atomic E-state index is 11.4. The van der Waals surface area contributed by atoms with Gasteiger partial charge in [0.2, 0.25) is 11.8 Å². The highest BCUT2D eigenvalue weighted by Crippen LogP contribution is 1.91. The van der Waals surface area contributed by atoms with Crippen molar-refractivity contribution >= 4 is 35.1 Å². The number of hydrogen-bond acceptors (Lipinski definition) is 6. The van der Waals surface area contributed by atoms with Crippen LogP contribution < -0.4 is 16.2 Å². The second kappa shape index (κ2) is 11.1. The number of ether oxygens (including phenoxy) is 2. The van der Waals surface area contributed by atoms with Gasteiger partial charge in [0.05, 0.1) is 26.6 Å². The lowest BCUT2D eigenvalue weighted by atomic mass is 10.3. The average Bonchev–Trinajstić information content (AvgIpc) is 2.42. The van der Waals surface area contributed by atoms with Crippen LogP contribution in [0.1, 0.15) is 26.2 Å². The number of amides is 2. The van der Waals surface area contributed by atoms with Gasteiger partial charge in [-0.3, -0.25) is 25.2 Å². The number of methoxy groups -OCH3 is 1. The Hall–Kier alpha value is -1.74. The van der Waals surface area contributed by atoms with Crippen molar-refractivity contribution in [3.63, 3.8) is 0 Å². The lowest BCUT2D eigenvalue weighted by Gasteiger charge is -2.10. The molecule has 9 heteroatoms. The fraction of sp³-hybridized carbons (Fsp3) is 0.636. The number of carbonyl (C=O) groups is 3. The molecule has 0 spiro atoms. The van der Waals surface area contributed by atoms with E-state index in [2.05, 4.69) is 20.9 Å². The normalized spacial score (nSPS) is 9.50. The van der Waals surface area contributed by atoms with Crippen LogP contribution in [0.2, 0.25) is 0 Å². The van der Waals surface area contributed by atoms with Gasteiger partial charge in [0.15, 0.2) is 5.11 Å². The van der Waals surface area contributed by atoms with Crippen molar-refractivity contribution in [2.75, 3.05) is 20.3 Å². The van der Waals surface area contributed by atoms with Gasteiger partial charge < -0.3 is 14.8 Å². The zero-order valence-corrected chi connectivity index (χ0v) is 12.3. The molecule has 0 aromatic rings. The summed E-state index contributed by atoms with van der Waals surface area (Å²) in [6.07, 6.45) is 0.0954. The smallest absolute Gasteiger partial charge is 0.306 e. The molecule has 0 fully saturated rings. The van der Waals surface area contributed by atoms with Crippen LogP contribution in [0.4, 0.5) is 0 Å². The Labute approximate surface area is 122 Å². The molecule has 0 rings (SSSR count). The summed E-state index contributed by atoms with van der Waals surface area (Å²) in [4.78, 5) is 33.4. The molecular formula is C11H19N3O5S. The van der Waals surface area contributed by atoms with Crippen molar-refractivity contribution in [1.29, 1.82) is 0 Å². The van der Waals surface area contributed by atoms with Gasteiger partial charge in [-0.1, -0.05) is 0 Å². The minimum atomic E-state index is -0.483. The van der Waals surface area contributed by atoms with Crippen molar-refractivity contribution in [3.05, 3.63) is 0 Å². The molecule has 0 heterocycles. The van der Waals surface area contributed by atoms with Crippen molar-refractivity contribution in [2.24, 2.45) is 0 Å². The molecular weight excluding hydrogens is 286 g/mol. The maximum absolute atomic E-state index is 11.4. The summed E-state index contributed by atoms with van der Waals surface area (Å²) in [6.45, 7) is 2.67. The molecule has 0 aromatic carbocycles. The van der Waals surface area contributed by atoms with Crippen LogP contribution in [-0.2, 0) is 23.9 Å². The predicted octanol–water partition coefficient (Wildman–Crippen LogP) is -0.612. The highest BCUT2D eigenvalue weighted by molar-refractivity contribution is 7.80. The highest BCUT2D eigenvalue weighted by atomic mass is 32.1. The van der Waals surface area contributed by atoms with Gasteiger partial charge in [-0.15, -0.1) is 0 Å². The first-order chi connectivity index (χ1) is 9.49. The van der Waals surface area contributed by atoms with Crippen molar-refractivity contribution < 1.29 is 23.9 Å². The summed E-state index contributed by atoms with van der Waals surface area (Å²) in [7, 11) is 1.24. The molecule has 0 atom stereocenters. The minimum absolute atomic E-state index is 0.0360. The predicted molar refractivity (Wildman–Crippen MR) is 74.4 cm³/mol. The third kappa shape index (κ3) is 10.2. The molecule has 0 saturated carbocycles. The van der Waals surface area contributed by atoms with E-state index in [1.807, 2.05) is 6.92 Å². The summed E-state index contributed by atoms with van der Waals surface area (Å²) in [5.41, 5.74) is 4.68. The van der Waals surface area contributed by atoms with Crippen LogP contribution in [0, 0.1) is 0 Å². The molecule has 0 aliphatic heterocycles. The maximum Gasteiger partial charge on any atom is 0.306 e. The summed E-state index contributed by atoms with van der Waals surface area (Å²) in [6, 6.07) is 0. The highest BCUT2D eigenvalue weighted by Gasteiger charge is 2.09. The third-order valence-electron chi connectivity index (χ3n) is 2.03. The SMILES string of the molecule is CCOCCC(=O)NNC(=S)NC(=O)CCC(=O)OC. The molecule has 114 valence electrons. The molecule has 0 saturated heterocycles. The van der Waals surface area contributed by atoms with Crippen molar-refractivity contribution in [3.8, 4) is 0 Å². The largest absolute Gasteiger partial charge is 0.469 e. The molecule has 3 N–H and O–H groups in total. The van der Waals surface area contributed by atoms with Gasteiger partial charge in [-0.2, -0.15) is 0 Å². The summed E-state index contributed by atoms with van der Waals surface area (Å²) >= 11 is 4.79. The number of rotatable bonds is 7. The number of esters is 1. The van der Waals surface area contributed by atoms with Gasteiger partial charge in [-0.05, 0) is 19.1 Å². The second-order valence-corrected chi connectivity index (χ2v) is 3.98.